The number of nitro groups is 1. The zero-order valence-corrected chi connectivity index (χ0v) is 11.4. The number of carboxylic acid groups (broad SMARTS) is 1. The summed E-state index contributed by atoms with van der Waals surface area (Å²) in [6.45, 7) is -0.810. The second-order valence-electron chi connectivity index (χ2n) is 4.55. The molecule has 0 amide bonds. The monoisotopic (exact) mass is 318 g/mol. The van der Waals surface area contributed by atoms with Gasteiger partial charge in [0.1, 0.15) is 17.3 Å². The lowest BCUT2D eigenvalue weighted by atomic mass is 10.3. The van der Waals surface area contributed by atoms with E-state index >= 15 is 0 Å². The van der Waals surface area contributed by atoms with Gasteiger partial charge in [-0.2, -0.15) is 4.31 Å². The van der Waals surface area contributed by atoms with Crippen LogP contribution in [0.25, 0.3) is 0 Å². The van der Waals surface area contributed by atoms with Crippen LogP contribution in [-0.4, -0.2) is 41.3 Å². The molecule has 1 aliphatic rings. The van der Waals surface area contributed by atoms with Crippen molar-refractivity contribution in [3.8, 4) is 0 Å². The topological polar surface area (TPSA) is 118 Å². The van der Waals surface area contributed by atoms with Crippen LogP contribution in [0.5, 0.6) is 0 Å². The van der Waals surface area contributed by atoms with Crippen LogP contribution in [0.3, 0.4) is 0 Å². The Morgan fingerprint density at radius 1 is 1.48 bits per heavy atom. The summed E-state index contributed by atoms with van der Waals surface area (Å²) in [6, 6.07) is 1.61. The fraction of sp³-hybridized carbons (Fsp3) is 0.364. The lowest BCUT2D eigenvalue weighted by Crippen LogP contribution is -2.37. The minimum Gasteiger partial charge on any atom is -0.480 e. The van der Waals surface area contributed by atoms with Gasteiger partial charge in [-0.15, -0.1) is 0 Å². The van der Waals surface area contributed by atoms with E-state index in [1.54, 1.807) is 0 Å². The molecule has 1 aromatic rings. The fourth-order valence-electron chi connectivity index (χ4n) is 1.84. The summed E-state index contributed by atoms with van der Waals surface area (Å²) in [6.07, 6.45) is 0.951. The van der Waals surface area contributed by atoms with Gasteiger partial charge in [-0.25, -0.2) is 12.8 Å². The zero-order valence-electron chi connectivity index (χ0n) is 10.6. The van der Waals surface area contributed by atoms with Crippen molar-refractivity contribution in [1.82, 2.24) is 4.31 Å². The van der Waals surface area contributed by atoms with Gasteiger partial charge in [-0.05, 0) is 18.9 Å². The van der Waals surface area contributed by atoms with Gasteiger partial charge in [0.2, 0.25) is 10.0 Å². The summed E-state index contributed by atoms with van der Waals surface area (Å²) in [5, 5.41) is 19.4. The number of sulfonamides is 1. The molecule has 0 aliphatic heterocycles. The van der Waals surface area contributed by atoms with Gasteiger partial charge in [0, 0.05) is 18.2 Å². The first-order valence-corrected chi connectivity index (χ1v) is 7.35. The molecule has 0 spiro atoms. The van der Waals surface area contributed by atoms with Crippen LogP contribution in [-0.2, 0) is 14.8 Å². The van der Waals surface area contributed by atoms with Crippen molar-refractivity contribution in [3.05, 3.63) is 34.1 Å². The third kappa shape index (κ3) is 3.16. The number of aliphatic carboxylic acids is 1. The molecule has 1 fully saturated rings. The average Bonchev–Trinajstić information content (AvgIpc) is 3.19. The number of rotatable bonds is 6. The number of non-ortho nitro benzene ring substituents is 1. The largest absolute Gasteiger partial charge is 0.480 e. The zero-order chi connectivity index (χ0) is 15.8. The van der Waals surface area contributed by atoms with E-state index in [2.05, 4.69) is 0 Å². The van der Waals surface area contributed by atoms with Gasteiger partial charge in [0.05, 0.1) is 4.92 Å². The van der Waals surface area contributed by atoms with E-state index in [1.807, 2.05) is 0 Å². The van der Waals surface area contributed by atoms with Crippen molar-refractivity contribution in [2.45, 2.75) is 23.8 Å². The molecule has 0 bridgehead atoms. The molecule has 0 aromatic heterocycles. The maximum Gasteiger partial charge on any atom is 0.318 e. The fourth-order valence-corrected chi connectivity index (χ4v) is 3.56. The van der Waals surface area contributed by atoms with Crippen LogP contribution in [0.4, 0.5) is 10.1 Å². The smallest absolute Gasteiger partial charge is 0.318 e. The predicted octanol–water partition coefficient (Wildman–Crippen LogP) is 0.972. The molecule has 10 heteroatoms. The number of carboxylic acids is 1. The van der Waals surface area contributed by atoms with Crippen LogP contribution in [0.15, 0.2) is 23.1 Å². The number of carbonyl (C=O) groups is 1. The van der Waals surface area contributed by atoms with E-state index in [0.29, 0.717) is 29.3 Å². The molecular formula is C11H11FN2O6S. The number of benzene rings is 1. The summed E-state index contributed by atoms with van der Waals surface area (Å²) in [5.74, 6) is -2.53. The highest BCUT2D eigenvalue weighted by atomic mass is 32.2. The van der Waals surface area contributed by atoms with Crippen LogP contribution in [0.1, 0.15) is 12.8 Å². The summed E-state index contributed by atoms with van der Waals surface area (Å²) < 4.78 is 39.1. The van der Waals surface area contributed by atoms with E-state index in [1.165, 1.54) is 0 Å². The molecule has 0 radical (unpaired) electrons. The molecule has 2 rings (SSSR count). The van der Waals surface area contributed by atoms with Crippen molar-refractivity contribution in [2.24, 2.45) is 0 Å². The summed E-state index contributed by atoms with van der Waals surface area (Å²) in [5.41, 5.74) is -0.582. The van der Waals surface area contributed by atoms with Crippen LogP contribution < -0.4 is 0 Å². The van der Waals surface area contributed by atoms with E-state index < -0.39 is 49.9 Å². The van der Waals surface area contributed by atoms with Crippen molar-refractivity contribution in [1.29, 1.82) is 0 Å². The van der Waals surface area contributed by atoms with Crippen molar-refractivity contribution >= 4 is 21.7 Å². The molecule has 1 aromatic carbocycles. The molecule has 21 heavy (non-hydrogen) atoms. The first kappa shape index (κ1) is 15.3. The predicted molar refractivity (Wildman–Crippen MR) is 67.6 cm³/mol. The van der Waals surface area contributed by atoms with Gasteiger partial charge >= 0.3 is 5.97 Å². The van der Waals surface area contributed by atoms with E-state index in [4.69, 9.17) is 5.11 Å². The molecule has 0 heterocycles. The summed E-state index contributed by atoms with van der Waals surface area (Å²) in [7, 11) is -4.45. The first-order chi connectivity index (χ1) is 9.73. The van der Waals surface area contributed by atoms with Gasteiger partial charge in [-0.3, -0.25) is 14.9 Å². The van der Waals surface area contributed by atoms with Gasteiger partial charge in [0.25, 0.3) is 5.69 Å². The van der Waals surface area contributed by atoms with Gasteiger partial charge in [-0.1, -0.05) is 0 Å². The van der Waals surface area contributed by atoms with Crippen LogP contribution in [0.2, 0.25) is 0 Å². The quantitative estimate of drug-likeness (QED) is 0.617. The molecule has 1 aliphatic carbocycles. The highest BCUT2D eigenvalue weighted by Gasteiger charge is 2.40. The molecule has 0 unspecified atom stereocenters. The Balaban J connectivity index is 2.48. The Bertz CT molecular complexity index is 701. The highest BCUT2D eigenvalue weighted by Crippen LogP contribution is 2.33. The molecular weight excluding hydrogens is 307 g/mol. The average molecular weight is 318 g/mol. The number of halogens is 1. The van der Waals surface area contributed by atoms with E-state index in [0.717, 1.165) is 6.07 Å². The van der Waals surface area contributed by atoms with Crippen LogP contribution in [0, 0.1) is 15.9 Å². The third-order valence-electron chi connectivity index (χ3n) is 2.96. The lowest BCUT2D eigenvalue weighted by molar-refractivity contribution is -0.385. The summed E-state index contributed by atoms with van der Waals surface area (Å²) in [4.78, 5) is 19.7. The second-order valence-corrected chi connectivity index (χ2v) is 6.41. The molecule has 0 atom stereocenters. The number of nitrogens with zero attached hydrogens (tertiary/aromatic N) is 2. The first-order valence-electron chi connectivity index (χ1n) is 5.91. The Hall–Kier alpha value is -2.07. The molecule has 8 nitrogen and oxygen atoms in total. The lowest BCUT2D eigenvalue weighted by Gasteiger charge is -2.19. The van der Waals surface area contributed by atoms with Crippen molar-refractivity contribution in [2.75, 3.05) is 6.54 Å². The maximum absolute atomic E-state index is 13.7. The minimum absolute atomic E-state index is 0.475. The SMILES string of the molecule is O=C(O)CN(C1CC1)S(=O)(=O)c1cc([N+](=O)[O-])ccc1F. The molecule has 0 saturated heterocycles. The number of hydrogen-bond donors (Lipinski definition) is 1. The Morgan fingerprint density at radius 3 is 2.57 bits per heavy atom. The van der Waals surface area contributed by atoms with Crippen molar-refractivity contribution in [3.63, 3.8) is 0 Å². The minimum atomic E-state index is -4.45. The van der Waals surface area contributed by atoms with Crippen molar-refractivity contribution < 1.29 is 27.6 Å². The van der Waals surface area contributed by atoms with Gasteiger partial charge < -0.3 is 5.11 Å². The normalized spacial score (nSPS) is 15.1. The third-order valence-corrected chi connectivity index (χ3v) is 4.87. The second kappa shape index (κ2) is 5.37. The maximum atomic E-state index is 13.7. The Labute approximate surface area is 119 Å². The number of nitro benzene ring substituents is 1. The Kier molecular flexibility index (Phi) is 3.92. The number of hydrogen-bond acceptors (Lipinski definition) is 5. The van der Waals surface area contributed by atoms with E-state index in [-0.39, 0.29) is 0 Å². The standard InChI is InChI=1S/C11H11FN2O6S/c12-9-4-3-8(14(17)18)5-10(9)21(19,20)13(6-11(15)16)7-1-2-7/h3-5,7H,1-2,6H2,(H,15,16). The Morgan fingerprint density at radius 2 is 2.10 bits per heavy atom. The van der Waals surface area contributed by atoms with Gasteiger partial charge in [0.15, 0.2) is 0 Å². The van der Waals surface area contributed by atoms with E-state index in [9.17, 15) is 27.7 Å². The highest BCUT2D eigenvalue weighted by molar-refractivity contribution is 7.89. The van der Waals surface area contributed by atoms with Crippen LogP contribution >= 0.6 is 0 Å². The molecule has 1 saturated carbocycles. The summed E-state index contributed by atoms with van der Waals surface area (Å²) >= 11 is 0. The molecule has 114 valence electrons. The molecule has 1 N–H and O–H groups in total.